The van der Waals surface area contributed by atoms with Gasteiger partial charge in [0.05, 0.1) is 25.1 Å². The van der Waals surface area contributed by atoms with Crippen molar-refractivity contribution in [3.8, 4) is 24.7 Å². The zero-order chi connectivity index (χ0) is 14.3. The first-order chi connectivity index (χ1) is 9.01. The van der Waals surface area contributed by atoms with Gasteiger partial charge in [0.2, 0.25) is 5.91 Å². The maximum Gasteiger partial charge on any atom is 0.227 e. The van der Waals surface area contributed by atoms with Gasteiger partial charge in [0.25, 0.3) is 0 Å². The monoisotopic (exact) mass is 255 g/mol. The van der Waals surface area contributed by atoms with Gasteiger partial charge in [0.1, 0.15) is 0 Å². The second-order valence-corrected chi connectivity index (χ2v) is 4.47. The van der Waals surface area contributed by atoms with Crippen molar-refractivity contribution in [3.63, 3.8) is 0 Å². The minimum absolute atomic E-state index is 0.0552. The van der Waals surface area contributed by atoms with Gasteiger partial charge in [0.15, 0.2) is 0 Å². The van der Waals surface area contributed by atoms with E-state index in [4.69, 9.17) is 12.8 Å². The molecule has 0 bridgehead atoms. The largest absolute Gasteiger partial charge is 0.385 e. The molecule has 0 aromatic heterocycles. The molecule has 0 heterocycles. The van der Waals surface area contributed by atoms with E-state index < -0.39 is 5.60 Å². The van der Waals surface area contributed by atoms with E-state index in [9.17, 15) is 9.90 Å². The summed E-state index contributed by atoms with van der Waals surface area (Å²) in [6, 6.07) is 9.04. The van der Waals surface area contributed by atoms with Gasteiger partial charge in [0, 0.05) is 0 Å². The molecule has 0 radical (unpaired) electrons. The summed E-state index contributed by atoms with van der Waals surface area (Å²) in [7, 11) is 0. The molecule has 0 aliphatic carbocycles. The predicted octanol–water partition coefficient (Wildman–Crippen LogP) is 1.38. The molecule has 1 aromatic carbocycles. The fraction of sp³-hybridized carbons (Fsp3) is 0.312. The van der Waals surface area contributed by atoms with Gasteiger partial charge >= 0.3 is 0 Å². The number of rotatable bonds is 5. The maximum atomic E-state index is 12.1. The topological polar surface area (TPSA) is 40.5 Å². The Morgan fingerprint density at radius 1 is 1.26 bits per heavy atom. The van der Waals surface area contributed by atoms with Crippen molar-refractivity contribution in [2.75, 3.05) is 13.1 Å². The number of aliphatic hydroxyl groups is 1. The molecule has 3 heteroatoms. The zero-order valence-corrected chi connectivity index (χ0v) is 11.0. The van der Waals surface area contributed by atoms with Crippen LogP contribution in [-0.4, -0.2) is 29.0 Å². The van der Waals surface area contributed by atoms with Crippen molar-refractivity contribution in [2.24, 2.45) is 0 Å². The highest BCUT2D eigenvalue weighted by Gasteiger charge is 2.28. The first kappa shape index (κ1) is 14.8. The van der Waals surface area contributed by atoms with Gasteiger partial charge < -0.3 is 10.0 Å². The second kappa shape index (κ2) is 6.64. The summed E-state index contributed by atoms with van der Waals surface area (Å²) in [4.78, 5) is 13.5. The Morgan fingerprint density at radius 3 is 2.26 bits per heavy atom. The average Bonchev–Trinajstić information content (AvgIpc) is 2.39. The Labute approximate surface area is 114 Å². The van der Waals surface area contributed by atoms with Crippen molar-refractivity contribution in [1.29, 1.82) is 0 Å². The molecular weight excluding hydrogens is 238 g/mol. The molecule has 19 heavy (non-hydrogen) atoms. The lowest BCUT2D eigenvalue weighted by Gasteiger charge is -2.26. The van der Waals surface area contributed by atoms with Crippen LogP contribution >= 0.6 is 0 Å². The van der Waals surface area contributed by atoms with E-state index in [1.54, 1.807) is 19.1 Å². The van der Waals surface area contributed by atoms with Crippen molar-refractivity contribution >= 4 is 5.91 Å². The molecule has 0 saturated heterocycles. The highest BCUT2D eigenvalue weighted by atomic mass is 16.3. The molecule has 0 fully saturated rings. The second-order valence-electron chi connectivity index (χ2n) is 4.47. The van der Waals surface area contributed by atoms with Crippen LogP contribution in [0.3, 0.4) is 0 Å². The molecule has 1 atom stereocenters. The number of nitrogens with zero attached hydrogens (tertiary/aromatic N) is 1. The van der Waals surface area contributed by atoms with Crippen LogP contribution in [0, 0.1) is 24.7 Å². The lowest BCUT2D eigenvalue weighted by atomic mass is 9.92. The van der Waals surface area contributed by atoms with E-state index in [-0.39, 0.29) is 25.4 Å². The van der Waals surface area contributed by atoms with Crippen LogP contribution in [0.1, 0.15) is 18.9 Å². The van der Waals surface area contributed by atoms with Crippen molar-refractivity contribution in [1.82, 2.24) is 4.90 Å². The maximum absolute atomic E-state index is 12.1. The standard InChI is InChI=1S/C16H17NO2/c1-4-11-17(12-5-2)15(18)13-16(3,19)14-9-7-6-8-10-14/h1-2,6-10,19H,11-13H2,3H3. The first-order valence-corrected chi connectivity index (χ1v) is 5.94. The van der Waals surface area contributed by atoms with Crippen LogP contribution in [-0.2, 0) is 10.4 Å². The van der Waals surface area contributed by atoms with Crippen LogP contribution in [0.5, 0.6) is 0 Å². The molecule has 1 N–H and O–H groups in total. The molecule has 3 nitrogen and oxygen atoms in total. The molecule has 1 unspecified atom stereocenters. The predicted molar refractivity (Wildman–Crippen MR) is 74.9 cm³/mol. The third-order valence-electron chi connectivity index (χ3n) is 2.81. The third kappa shape index (κ3) is 4.17. The Bertz CT molecular complexity index is 490. The molecule has 1 aromatic rings. The van der Waals surface area contributed by atoms with Crippen molar-refractivity contribution in [2.45, 2.75) is 18.9 Å². The van der Waals surface area contributed by atoms with E-state index in [0.717, 1.165) is 0 Å². The van der Waals surface area contributed by atoms with Crippen LogP contribution in [0.4, 0.5) is 0 Å². The molecule has 98 valence electrons. The van der Waals surface area contributed by atoms with Crippen molar-refractivity contribution in [3.05, 3.63) is 35.9 Å². The van der Waals surface area contributed by atoms with E-state index >= 15 is 0 Å². The molecule has 0 spiro atoms. The van der Waals surface area contributed by atoms with Crippen molar-refractivity contribution < 1.29 is 9.90 Å². The minimum Gasteiger partial charge on any atom is -0.385 e. The number of carbonyl (C=O) groups excluding carboxylic acids is 1. The number of carbonyl (C=O) groups is 1. The fourth-order valence-corrected chi connectivity index (χ4v) is 1.76. The fourth-order valence-electron chi connectivity index (χ4n) is 1.76. The number of amides is 1. The van der Waals surface area contributed by atoms with Gasteiger partial charge in [-0.25, -0.2) is 0 Å². The highest BCUT2D eigenvalue weighted by molar-refractivity contribution is 5.78. The lowest BCUT2D eigenvalue weighted by molar-refractivity contribution is -0.135. The number of terminal acetylenes is 2. The summed E-state index contributed by atoms with van der Waals surface area (Å²) in [5.41, 5.74) is -0.551. The summed E-state index contributed by atoms with van der Waals surface area (Å²) >= 11 is 0. The Hall–Kier alpha value is -2.23. The summed E-state index contributed by atoms with van der Waals surface area (Å²) in [6.45, 7) is 1.89. The summed E-state index contributed by atoms with van der Waals surface area (Å²) in [6.07, 6.45) is 10.3. The number of hydrogen-bond acceptors (Lipinski definition) is 2. The minimum atomic E-state index is -1.24. The van der Waals surface area contributed by atoms with Gasteiger partial charge in [-0.05, 0) is 12.5 Å². The number of benzene rings is 1. The molecule has 0 aliphatic heterocycles. The molecule has 0 aliphatic rings. The van der Waals surface area contributed by atoms with E-state index in [0.29, 0.717) is 5.56 Å². The zero-order valence-electron chi connectivity index (χ0n) is 11.0. The third-order valence-corrected chi connectivity index (χ3v) is 2.81. The smallest absolute Gasteiger partial charge is 0.227 e. The molecule has 1 amide bonds. The SMILES string of the molecule is C#CCN(CC#C)C(=O)CC(C)(O)c1ccccc1. The van der Waals surface area contributed by atoms with Crippen LogP contribution in [0.15, 0.2) is 30.3 Å². The summed E-state index contributed by atoms with van der Waals surface area (Å²) < 4.78 is 0. The highest BCUT2D eigenvalue weighted by Crippen LogP contribution is 2.24. The quantitative estimate of drug-likeness (QED) is 0.808. The van der Waals surface area contributed by atoms with Crippen LogP contribution < -0.4 is 0 Å². The Kier molecular flexibility index (Phi) is 5.18. The molecule has 1 rings (SSSR count). The average molecular weight is 255 g/mol. The van der Waals surface area contributed by atoms with Crippen LogP contribution in [0.25, 0.3) is 0 Å². The summed E-state index contributed by atoms with van der Waals surface area (Å²) in [5, 5.41) is 10.4. The first-order valence-electron chi connectivity index (χ1n) is 5.94. The van der Waals surface area contributed by atoms with Gasteiger partial charge in [-0.3, -0.25) is 4.79 Å². The Balaban J connectivity index is 2.80. The van der Waals surface area contributed by atoms with Gasteiger partial charge in [-0.1, -0.05) is 42.2 Å². The van der Waals surface area contributed by atoms with Gasteiger partial charge in [-0.15, -0.1) is 12.8 Å². The molecule has 0 saturated carbocycles. The van der Waals surface area contributed by atoms with Gasteiger partial charge in [-0.2, -0.15) is 0 Å². The van der Waals surface area contributed by atoms with E-state index in [2.05, 4.69) is 11.8 Å². The summed E-state index contributed by atoms with van der Waals surface area (Å²) in [5.74, 6) is 4.51. The molecular formula is C16H17NO2. The lowest BCUT2D eigenvalue weighted by Crippen LogP contribution is -2.37. The van der Waals surface area contributed by atoms with E-state index in [1.807, 2.05) is 18.2 Å². The normalized spacial score (nSPS) is 12.8. The van der Waals surface area contributed by atoms with E-state index in [1.165, 1.54) is 4.90 Å². The van der Waals surface area contributed by atoms with Crippen LogP contribution in [0.2, 0.25) is 0 Å². The Morgan fingerprint density at radius 2 is 1.79 bits per heavy atom. The number of hydrogen-bond donors (Lipinski definition) is 1.